The van der Waals surface area contributed by atoms with Gasteiger partial charge in [-0.25, -0.2) is 9.97 Å². The van der Waals surface area contributed by atoms with Gasteiger partial charge in [0.2, 0.25) is 0 Å². The molecule has 0 saturated heterocycles. The van der Waals surface area contributed by atoms with E-state index in [9.17, 15) is 5.11 Å². The minimum Gasteiger partial charge on any atom is -0.395 e. The largest absolute Gasteiger partial charge is 0.395 e. The minimum atomic E-state index is 0.0855. The first kappa shape index (κ1) is 16.4. The molecule has 3 aromatic rings. The normalized spacial score (nSPS) is 11.2. The summed E-state index contributed by atoms with van der Waals surface area (Å²) in [7, 11) is 0. The molecule has 0 aliphatic heterocycles. The first-order valence-corrected chi connectivity index (χ1v) is 8.35. The summed E-state index contributed by atoms with van der Waals surface area (Å²) < 4.78 is 0. The predicted molar refractivity (Wildman–Crippen MR) is 98.2 cm³/mol. The zero-order chi connectivity index (χ0) is 16.9. The first-order valence-electron chi connectivity index (χ1n) is 8.35. The lowest BCUT2D eigenvalue weighted by Gasteiger charge is -2.25. The van der Waals surface area contributed by atoms with Gasteiger partial charge in [-0.15, -0.1) is 0 Å². The number of rotatable bonds is 6. The van der Waals surface area contributed by atoms with Crippen LogP contribution in [0, 0.1) is 0 Å². The molecular formula is C20H23N3O. The van der Waals surface area contributed by atoms with E-state index in [1.807, 2.05) is 42.5 Å². The molecule has 0 fully saturated rings. The predicted octanol–water partition coefficient (Wildman–Crippen LogP) is 3.75. The molecule has 0 atom stereocenters. The van der Waals surface area contributed by atoms with E-state index >= 15 is 0 Å². The number of hydrogen-bond acceptors (Lipinski definition) is 4. The highest BCUT2D eigenvalue weighted by Crippen LogP contribution is 2.27. The summed E-state index contributed by atoms with van der Waals surface area (Å²) in [6.07, 6.45) is 0. The Labute approximate surface area is 142 Å². The summed E-state index contributed by atoms with van der Waals surface area (Å²) >= 11 is 0. The number of fused-ring (bicyclic) bond motifs is 1. The van der Waals surface area contributed by atoms with Crippen LogP contribution in [0.1, 0.15) is 31.2 Å². The number of aromatic nitrogens is 2. The third kappa shape index (κ3) is 3.54. The molecule has 0 bridgehead atoms. The van der Waals surface area contributed by atoms with Crippen molar-refractivity contribution in [3.05, 3.63) is 66.0 Å². The summed E-state index contributed by atoms with van der Waals surface area (Å²) in [6.45, 7) is 5.53. The zero-order valence-corrected chi connectivity index (χ0v) is 14.2. The van der Waals surface area contributed by atoms with E-state index in [0.29, 0.717) is 13.1 Å². The van der Waals surface area contributed by atoms with Gasteiger partial charge < -0.3 is 10.0 Å². The Bertz CT molecular complexity index is 802. The summed E-state index contributed by atoms with van der Waals surface area (Å²) in [4.78, 5) is 11.6. The van der Waals surface area contributed by atoms with E-state index in [-0.39, 0.29) is 12.5 Å². The molecule has 124 valence electrons. The summed E-state index contributed by atoms with van der Waals surface area (Å²) in [5, 5.41) is 10.6. The Morgan fingerprint density at radius 2 is 1.67 bits per heavy atom. The fraction of sp³-hybridized carbons (Fsp3) is 0.300. The van der Waals surface area contributed by atoms with Gasteiger partial charge in [0.1, 0.15) is 11.6 Å². The molecule has 1 aromatic heterocycles. The third-order valence-corrected chi connectivity index (χ3v) is 4.00. The van der Waals surface area contributed by atoms with E-state index in [1.165, 1.54) is 5.56 Å². The van der Waals surface area contributed by atoms with Crippen LogP contribution in [0.2, 0.25) is 0 Å². The van der Waals surface area contributed by atoms with E-state index in [2.05, 4.69) is 35.9 Å². The minimum absolute atomic E-state index is 0.0855. The molecule has 3 rings (SSSR count). The van der Waals surface area contributed by atoms with Crippen molar-refractivity contribution < 1.29 is 5.11 Å². The lowest BCUT2D eigenvalue weighted by atomic mass is 10.1. The summed E-state index contributed by atoms with van der Waals surface area (Å²) in [5.41, 5.74) is 2.14. The van der Waals surface area contributed by atoms with Gasteiger partial charge in [0.25, 0.3) is 0 Å². The van der Waals surface area contributed by atoms with E-state index < -0.39 is 0 Å². The highest BCUT2D eigenvalue weighted by atomic mass is 16.3. The average molecular weight is 321 g/mol. The lowest BCUT2D eigenvalue weighted by molar-refractivity contribution is 0.301. The van der Waals surface area contributed by atoms with Crippen LogP contribution in [0.25, 0.3) is 10.9 Å². The molecule has 1 N–H and O–H groups in total. The van der Waals surface area contributed by atoms with Crippen LogP contribution in [-0.4, -0.2) is 28.2 Å². The van der Waals surface area contributed by atoms with Crippen molar-refractivity contribution in [2.45, 2.75) is 26.3 Å². The van der Waals surface area contributed by atoms with Gasteiger partial charge in [-0.1, -0.05) is 56.3 Å². The molecule has 0 amide bonds. The highest BCUT2D eigenvalue weighted by molar-refractivity contribution is 5.89. The van der Waals surface area contributed by atoms with Crippen molar-refractivity contribution in [2.24, 2.45) is 0 Å². The summed E-state index contributed by atoms with van der Waals surface area (Å²) in [5.74, 6) is 1.97. The quantitative estimate of drug-likeness (QED) is 0.751. The number of nitrogens with zero attached hydrogens (tertiary/aromatic N) is 3. The second-order valence-electron chi connectivity index (χ2n) is 6.21. The van der Waals surface area contributed by atoms with Crippen molar-refractivity contribution in [1.82, 2.24) is 9.97 Å². The van der Waals surface area contributed by atoms with Gasteiger partial charge in [0, 0.05) is 24.4 Å². The van der Waals surface area contributed by atoms with Gasteiger partial charge in [0.05, 0.1) is 12.1 Å². The van der Waals surface area contributed by atoms with Crippen LogP contribution >= 0.6 is 0 Å². The smallest absolute Gasteiger partial charge is 0.140 e. The second-order valence-corrected chi connectivity index (χ2v) is 6.21. The van der Waals surface area contributed by atoms with Crippen molar-refractivity contribution in [3.8, 4) is 0 Å². The van der Waals surface area contributed by atoms with Gasteiger partial charge in [0.15, 0.2) is 0 Å². The maximum absolute atomic E-state index is 9.54. The van der Waals surface area contributed by atoms with E-state index in [1.54, 1.807) is 0 Å². The van der Waals surface area contributed by atoms with Gasteiger partial charge in [-0.2, -0.15) is 0 Å². The van der Waals surface area contributed by atoms with E-state index in [0.717, 1.165) is 22.5 Å². The van der Waals surface area contributed by atoms with Crippen molar-refractivity contribution in [3.63, 3.8) is 0 Å². The highest BCUT2D eigenvalue weighted by Gasteiger charge is 2.16. The van der Waals surface area contributed by atoms with Crippen molar-refractivity contribution in [2.75, 3.05) is 18.1 Å². The van der Waals surface area contributed by atoms with Crippen LogP contribution in [0.4, 0.5) is 5.82 Å². The van der Waals surface area contributed by atoms with Crippen LogP contribution in [0.3, 0.4) is 0 Å². The Kier molecular flexibility index (Phi) is 5.06. The Morgan fingerprint density at radius 1 is 0.958 bits per heavy atom. The lowest BCUT2D eigenvalue weighted by Crippen LogP contribution is -2.27. The Morgan fingerprint density at radius 3 is 2.38 bits per heavy atom. The molecule has 24 heavy (non-hydrogen) atoms. The SMILES string of the molecule is CC(C)c1nc(N(CCO)Cc2ccccc2)c2ccccc2n1. The van der Waals surface area contributed by atoms with Crippen molar-refractivity contribution in [1.29, 1.82) is 0 Å². The molecule has 0 aliphatic carbocycles. The zero-order valence-electron chi connectivity index (χ0n) is 14.2. The van der Waals surface area contributed by atoms with Crippen LogP contribution in [-0.2, 0) is 6.54 Å². The maximum atomic E-state index is 9.54. The van der Waals surface area contributed by atoms with Gasteiger partial charge in [-0.3, -0.25) is 0 Å². The Balaban J connectivity index is 2.08. The molecule has 1 heterocycles. The number of para-hydroxylation sites is 1. The van der Waals surface area contributed by atoms with Gasteiger partial charge >= 0.3 is 0 Å². The number of aliphatic hydroxyl groups is 1. The molecule has 0 spiro atoms. The standard InChI is InChI=1S/C20H23N3O/c1-15(2)19-21-18-11-7-6-10-17(18)20(22-19)23(12-13-24)14-16-8-4-3-5-9-16/h3-11,15,24H,12-14H2,1-2H3. The molecule has 4 nitrogen and oxygen atoms in total. The molecule has 0 unspecified atom stereocenters. The molecule has 0 aliphatic rings. The molecular weight excluding hydrogens is 298 g/mol. The average Bonchev–Trinajstić information content (AvgIpc) is 2.61. The van der Waals surface area contributed by atoms with E-state index in [4.69, 9.17) is 4.98 Å². The Hall–Kier alpha value is -2.46. The van der Waals surface area contributed by atoms with Crippen LogP contribution in [0.15, 0.2) is 54.6 Å². The molecule has 2 aromatic carbocycles. The first-order chi connectivity index (χ1) is 11.7. The third-order valence-electron chi connectivity index (χ3n) is 4.00. The number of anilines is 1. The van der Waals surface area contributed by atoms with Gasteiger partial charge in [-0.05, 0) is 17.7 Å². The topological polar surface area (TPSA) is 49.2 Å². The number of benzene rings is 2. The molecule has 4 heteroatoms. The number of aliphatic hydroxyl groups excluding tert-OH is 1. The summed E-state index contributed by atoms with van der Waals surface area (Å²) in [6, 6.07) is 18.3. The van der Waals surface area contributed by atoms with Crippen LogP contribution < -0.4 is 4.90 Å². The number of hydrogen-bond donors (Lipinski definition) is 1. The maximum Gasteiger partial charge on any atom is 0.140 e. The second kappa shape index (κ2) is 7.41. The fourth-order valence-corrected chi connectivity index (χ4v) is 2.76. The fourth-order valence-electron chi connectivity index (χ4n) is 2.76. The van der Waals surface area contributed by atoms with Crippen molar-refractivity contribution >= 4 is 16.7 Å². The molecule has 0 radical (unpaired) electrons. The van der Waals surface area contributed by atoms with Crippen LogP contribution in [0.5, 0.6) is 0 Å². The monoisotopic (exact) mass is 321 g/mol. The molecule has 0 saturated carbocycles.